The van der Waals surface area contributed by atoms with Crippen LogP contribution < -0.4 is 0 Å². The molecule has 0 aromatic carbocycles. The molecule has 3 rings (SSSR count). The van der Waals surface area contributed by atoms with Gasteiger partial charge in [-0.15, -0.1) is 0 Å². The molecule has 2 saturated heterocycles. The quantitative estimate of drug-likeness (QED) is 0.776. The first-order valence-electron chi connectivity index (χ1n) is 8.00. The average molecular weight is 339 g/mol. The summed E-state index contributed by atoms with van der Waals surface area (Å²) in [6, 6.07) is 0.395. The second-order valence-corrected chi connectivity index (χ2v) is 7.67. The molecule has 7 heteroatoms. The van der Waals surface area contributed by atoms with Crippen molar-refractivity contribution in [2.24, 2.45) is 5.92 Å². The Balaban J connectivity index is 1.57. The van der Waals surface area contributed by atoms with Crippen molar-refractivity contribution in [3.8, 4) is 0 Å². The molecule has 0 radical (unpaired) electrons. The van der Waals surface area contributed by atoms with Gasteiger partial charge in [0.25, 0.3) is 0 Å². The molecule has 23 heavy (non-hydrogen) atoms. The molecule has 2 atom stereocenters. The minimum Gasteiger partial charge on any atom is -0.444 e. The van der Waals surface area contributed by atoms with E-state index in [0.717, 1.165) is 38.2 Å². The number of carbonyl (C=O) groups excluding carboxylic acids is 1. The number of ether oxygens (including phenoxy) is 1. The summed E-state index contributed by atoms with van der Waals surface area (Å²) in [5, 5.41) is 0.268. The summed E-state index contributed by atoms with van der Waals surface area (Å²) in [7, 11) is 0. The van der Waals surface area contributed by atoms with E-state index in [-0.39, 0.29) is 11.4 Å². The van der Waals surface area contributed by atoms with Gasteiger partial charge < -0.3 is 9.64 Å². The van der Waals surface area contributed by atoms with Crippen LogP contribution in [0, 0.1) is 5.92 Å². The summed E-state index contributed by atoms with van der Waals surface area (Å²) < 4.78 is 5.49. The fourth-order valence-corrected chi connectivity index (χ4v) is 3.33. The highest BCUT2D eigenvalue weighted by atomic mass is 35.5. The van der Waals surface area contributed by atoms with E-state index in [1.807, 2.05) is 25.7 Å². The average Bonchev–Trinajstić information content (AvgIpc) is 2.45. The second kappa shape index (κ2) is 6.24. The van der Waals surface area contributed by atoms with Crippen molar-refractivity contribution in [1.82, 2.24) is 19.8 Å². The molecule has 1 amide bonds. The van der Waals surface area contributed by atoms with Crippen LogP contribution in [0.2, 0.25) is 5.28 Å². The number of carbonyl (C=O) groups is 1. The fraction of sp³-hybridized carbons (Fsp3) is 0.688. The normalized spacial score (nSPS) is 24.8. The maximum atomic E-state index is 12.2. The van der Waals surface area contributed by atoms with Crippen LogP contribution in [-0.4, -0.2) is 57.1 Å². The fourth-order valence-electron chi connectivity index (χ4n) is 3.23. The van der Waals surface area contributed by atoms with E-state index in [1.165, 1.54) is 0 Å². The van der Waals surface area contributed by atoms with Crippen molar-refractivity contribution in [3.63, 3.8) is 0 Å². The lowest BCUT2D eigenvalue weighted by molar-refractivity contribution is -0.0557. The highest BCUT2D eigenvalue weighted by Crippen LogP contribution is 2.34. The summed E-state index contributed by atoms with van der Waals surface area (Å²) in [6.45, 7) is 9.06. The van der Waals surface area contributed by atoms with Crippen molar-refractivity contribution in [2.45, 2.75) is 45.4 Å². The third-order valence-corrected chi connectivity index (χ3v) is 4.57. The van der Waals surface area contributed by atoms with E-state index in [1.54, 1.807) is 12.4 Å². The van der Waals surface area contributed by atoms with Crippen molar-refractivity contribution >= 4 is 17.7 Å². The molecule has 0 unspecified atom stereocenters. The first-order valence-corrected chi connectivity index (χ1v) is 8.38. The van der Waals surface area contributed by atoms with Crippen molar-refractivity contribution in [1.29, 1.82) is 0 Å². The number of hydrogen-bond acceptors (Lipinski definition) is 5. The van der Waals surface area contributed by atoms with Gasteiger partial charge in [0.05, 0.1) is 0 Å². The minimum atomic E-state index is -0.451. The summed E-state index contributed by atoms with van der Waals surface area (Å²) in [5.41, 5.74) is 0.593. The molecule has 1 aromatic heterocycles. The Kier molecular flexibility index (Phi) is 4.47. The molecule has 0 spiro atoms. The molecule has 3 heterocycles. The Hall–Kier alpha value is -1.40. The molecule has 1 aromatic rings. The van der Waals surface area contributed by atoms with Gasteiger partial charge in [-0.3, -0.25) is 4.90 Å². The Morgan fingerprint density at radius 1 is 1.35 bits per heavy atom. The number of fused-ring (bicyclic) bond motifs is 1. The lowest BCUT2D eigenvalue weighted by Crippen LogP contribution is -2.64. The van der Waals surface area contributed by atoms with Crippen LogP contribution in [0.4, 0.5) is 4.79 Å². The standard InChI is InChI=1S/C16H23ClN4O2/c1-16(2,3)23-15(22)20-5-4-12-9-21(13(12)10-20)8-11-6-18-14(17)19-7-11/h6-7,12-13H,4-5,8-10H2,1-3H3/t12-,13-/m0/s1. The van der Waals surface area contributed by atoms with Gasteiger partial charge in [-0.1, -0.05) is 0 Å². The molecule has 0 N–H and O–H groups in total. The smallest absolute Gasteiger partial charge is 0.410 e. The van der Waals surface area contributed by atoms with Gasteiger partial charge in [0.1, 0.15) is 5.60 Å². The van der Waals surface area contributed by atoms with Gasteiger partial charge >= 0.3 is 6.09 Å². The predicted molar refractivity (Wildman–Crippen MR) is 87.2 cm³/mol. The van der Waals surface area contributed by atoms with E-state index >= 15 is 0 Å². The number of nitrogens with zero attached hydrogens (tertiary/aromatic N) is 4. The van der Waals surface area contributed by atoms with Crippen molar-refractivity contribution in [3.05, 3.63) is 23.2 Å². The summed E-state index contributed by atoms with van der Waals surface area (Å²) in [6.07, 6.45) is 4.35. The highest BCUT2D eigenvalue weighted by molar-refractivity contribution is 6.28. The third-order valence-electron chi connectivity index (χ3n) is 4.37. The zero-order valence-corrected chi connectivity index (χ0v) is 14.6. The number of rotatable bonds is 2. The van der Waals surface area contributed by atoms with Crippen LogP contribution in [0.5, 0.6) is 0 Å². The maximum Gasteiger partial charge on any atom is 0.410 e. The van der Waals surface area contributed by atoms with E-state index < -0.39 is 5.60 Å². The minimum absolute atomic E-state index is 0.211. The number of amides is 1. The van der Waals surface area contributed by atoms with Gasteiger partial charge in [-0.2, -0.15) is 0 Å². The molecule has 2 fully saturated rings. The van der Waals surface area contributed by atoms with Crippen LogP contribution in [0.15, 0.2) is 12.4 Å². The second-order valence-electron chi connectivity index (χ2n) is 7.33. The Morgan fingerprint density at radius 3 is 2.70 bits per heavy atom. The number of likely N-dealkylation sites (tertiary alicyclic amines) is 2. The van der Waals surface area contributed by atoms with Crippen LogP contribution in [0.1, 0.15) is 32.8 Å². The highest BCUT2D eigenvalue weighted by Gasteiger charge is 2.44. The molecule has 0 saturated carbocycles. The van der Waals surface area contributed by atoms with Gasteiger partial charge in [0, 0.05) is 50.2 Å². The van der Waals surface area contributed by atoms with Gasteiger partial charge in [-0.25, -0.2) is 14.8 Å². The molecule has 6 nitrogen and oxygen atoms in total. The molecular weight excluding hydrogens is 316 g/mol. The van der Waals surface area contributed by atoms with Crippen LogP contribution in [0.3, 0.4) is 0 Å². The maximum absolute atomic E-state index is 12.2. The van der Waals surface area contributed by atoms with Gasteiger partial charge in [0.15, 0.2) is 0 Å². The van der Waals surface area contributed by atoms with Crippen molar-refractivity contribution < 1.29 is 9.53 Å². The van der Waals surface area contributed by atoms with E-state index in [0.29, 0.717) is 12.0 Å². The molecule has 0 aliphatic carbocycles. The van der Waals surface area contributed by atoms with Gasteiger partial charge in [-0.05, 0) is 44.7 Å². The lowest BCUT2D eigenvalue weighted by atomic mass is 9.82. The Labute approximate surface area is 141 Å². The molecule has 2 aliphatic rings. The summed E-state index contributed by atoms with van der Waals surface area (Å²) in [4.78, 5) is 24.5. The zero-order valence-electron chi connectivity index (χ0n) is 13.8. The van der Waals surface area contributed by atoms with Crippen LogP contribution in [-0.2, 0) is 11.3 Å². The molecular formula is C16H23ClN4O2. The number of halogens is 1. The predicted octanol–water partition coefficient (Wildman–Crippen LogP) is 2.57. The summed E-state index contributed by atoms with van der Waals surface area (Å²) in [5.74, 6) is 0.668. The first-order chi connectivity index (χ1) is 10.8. The largest absolute Gasteiger partial charge is 0.444 e. The van der Waals surface area contributed by atoms with E-state index in [4.69, 9.17) is 16.3 Å². The first kappa shape index (κ1) is 16.5. The number of piperidine rings is 1. The topological polar surface area (TPSA) is 58.6 Å². The van der Waals surface area contributed by atoms with Crippen molar-refractivity contribution in [2.75, 3.05) is 19.6 Å². The van der Waals surface area contributed by atoms with Crippen LogP contribution >= 0.6 is 11.6 Å². The third kappa shape index (κ3) is 3.93. The lowest BCUT2D eigenvalue weighted by Gasteiger charge is -2.53. The molecule has 126 valence electrons. The monoisotopic (exact) mass is 338 g/mol. The molecule has 0 bridgehead atoms. The molecule has 2 aliphatic heterocycles. The Bertz CT molecular complexity index is 572. The summed E-state index contributed by atoms with van der Waals surface area (Å²) >= 11 is 5.72. The Morgan fingerprint density at radius 2 is 2.04 bits per heavy atom. The van der Waals surface area contributed by atoms with E-state index in [2.05, 4.69) is 14.9 Å². The number of aromatic nitrogens is 2. The SMILES string of the molecule is CC(C)(C)OC(=O)N1CC[C@H]2CN(Cc3cnc(Cl)nc3)[C@H]2C1. The van der Waals surface area contributed by atoms with Crippen LogP contribution in [0.25, 0.3) is 0 Å². The number of hydrogen-bond donors (Lipinski definition) is 0. The van der Waals surface area contributed by atoms with Gasteiger partial charge in [0.2, 0.25) is 5.28 Å². The van der Waals surface area contributed by atoms with E-state index in [9.17, 15) is 4.79 Å². The zero-order chi connectivity index (χ0) is 16.6.